The Bertz CT molecular complexity index is 244. The molecule has 0 bridgehead atoms. The number of carbonyl (C=O) groups is 1. The van der Waals surface area contributed by atoms with Gasteiger partial charge in [-0.1, -0.05) is 13.8 Å². The number of likely N-dealkylation sites (tertiary alicyclic amines) is 1. The SMILES string of the molecule is CC(C)C1CCCN(CCC(N)C(=O)O)CC1. The minimum Gasteiger partial charge on any atom is -0.480 e. The molecule has 17 heavy (non-hydrogen) atoms. The Morgan fingerprint density at radius 3 is 2.71 bits per heavy atom. The predicted molar refractivity (Wildman–Crippen MR) is 68.8 cm³/mol. The van der Waals surface area contributed by atoms with Crippen molar-refractivity contribution in [3.05, 3.63) is 0 Å². The Balaban J connectivity index is 2.29. The van der Waals surface area contributed by atoms with E-state index in [9.17, 15) is 4.79 Å². The quantitative estimate of drug-likeness (QED) is 0.767. The summed E-state index contributed by atoms with van der Waals surface area (Å²) in [7, 11) is 0. The number of carboxylic acid groups (broad SMARTS) is 1. The van der Waals surface area contributed by atoms with E-state index in [1.54, 1.807) is 0 Å². The topological polar surface area (TPSA) is 66.6 Å². The van der Waals surface area contributed by atoms with Crippen LogP contribution in [0.2, 0.25) is 0 Å². The van der Waals surface area contributed by atoms with Crippen molar-refractivity contribution in [1.29, 1.82) is 0 Å². The standard InChI is InChI=1S/C13H26N2O2/c1-10(2)11-4-3-7-15(8-5-11)9-6-12(14)13(16)17/h10-12H,3-9,14H2,1-2H3,(H,16,17). The Morgan fingerprint density at radius 2 is 2.12 bits per heavy atom. The van der Waals surface area contributed by atoms with Gasteiger partial charge in [0.25, 0.3) is 0 Å². The van der Waals surface area contributed by atoms with Gasteiger partial charge in [0.15, 0.2) is 0 Å². The van der Waals surface area contributed by atoms with Gasteiger partial charge in [-0.25, -0.2) is 0 Å². The van der Waals surface area contributed by atoms with Gasteiger partial charge < -0.3 is 15.7 Å². The largest absolute Gasteiger partial charge is 0.480 e. The fraction of sp³-hybridized carbons (Fsp3) is 0.923. The lowest BCUT2D eigenvalue weighted by Gasteiger charge is -2.21. The summed E-state index contributed by atoms with van der Waals surface area (Å²) in [6.45, 7) is 7.59. The zero-order chi connectivity index (χ0) is 12.8. The number of nitrogens with zero attached hydrogens (tertiary/aromatic N) is 1. The van der Waals surface area contributed by atoms with Crippen LogP contribution in [0, 0.1) is 11.8 Å². The molecule has 2 unspecified atom stereocenters. The van der Waals surface area contributed by atoms with Gasteiger partial charge in [0.05, 0.1) is 0 Å². The van der Waals surface area contributed by atoms with Crippen LogP contribution in [0.5, 0.6) is 0 Å². The lowest BCUT2D eigenvalue weighted by Crippen LogP contribution is -2.36. The molecule has 1 heterocycles. The summed E-state index contributed by atoms with van der Waals surface area (Å²) in [6.07, 6.45) is 4.33. The molecule has 1 aliphatic rings. The fourth-order valence-corrected chi connectivity index (χ4v) is 2.52. The molecule has 0 spiro atoms. The van der Waals surface area contributed by atoms with E-state index in [4.69, 9.17) is 10.8 Å². The molecule has 0 radical (unpaired) electrons. The van der Waals surface area contributed by atoms with Crippen molar-refractivity contribution < 1.29 is 9.90 Å². The molecule has 0 aromatic rings. The molecule has 0 aliphatic carbocycles. The molecule has 2 atom stereocenters. The molecule has 1 aliphatic heterocycles. The van der Waals surface area contributed by atoms with Crippen molar-refractivity contribution in [1.82, 2.24) is 4.90 Å². The second-order valence-electron chi connectivity index (χ2n) is 5.51. The molecule has 100 valence electrons. The zero-order valence-electron chi connectivity index (χ0n) is 11.1. The zero-order valence-corrected chi connectivity index (χ0v) is 11.1. The molecule has 0 aromatic heterocycles. The van der Waals surface area contributed by atoms with E-state index in [-0.39, 0.29) is 0 Å². The van der Waals surface area contributed by atoms with Crippen molar-refractivity contribution in [2.24, 2.45) is 17.6 Å². The molecule has 1 saturated heterocycles. The van der Waals surface area contributed by atoms with Gasteiger partial charge in [-0.3, -0.25) is 4.79 Å². The van der Waals surface area contributed by atoms with Crippen molar-refractivity contribution in [2.75, 3.05) is 19.6 Å². The van der Waals surface area contributed by atoms with Crippen LogP contribution in [0.25, 0.3) is 0 Å². The normalized spacial score (nSPS) is 24.6. The summed E-state index contributed by atoms with van der Waals surface area (Å²) in [5.41, 5.74) is 5.52. The Kier molecular flexibility index (Phi) is 5.92. The number of hydrogen-bond donors (Lipinski definition) is 2. The van der Waals surface area contributed by atoms with E-state index < -0.39 is 12.0 Å². The van der Waals surface area contributed by atoms with Crippen LogP contribution in [-0.4, -0.2) is 41.7 Å². The maximum atomic E-state index is 10.6. The summed E-state index contributed by atoms with van der Waals surface area (Å²) >= 11 is 0. The van der Waals surface area contributed by atoms with Crippen LogP contribution >= 0.6 is 0 Å². The highest BCUT2D eigenvalue weighted by Crippen LogP contribution is 2.24. The van der Waals surface area contributed by atoms with Crippen LogP contribution in [0.1, 0.15) is 39.5 Å². The third-order valence-electron chi connectivity index (χ3n) is 3.88. The average molecular weight is 242 g/mol. The van der Waals surface area contributed by atoms with Crippen molar-refractivity contribution in [3.8, 4) is 0 Å². The molecule has 3 N–H and O–H groups in total. The molecular weight excluding hydrogens is 216 g/mol. The molecule has 0 aromatic carbocycles. The first kappa shape index (κ1) is 14.5. The van der Waals surface area contributed by atoms with E-state index in [1.165, 1.54) is 19.3 Å². The number of aliphatic carboxylic acids is 1. The summed E-state index contributed by atoms with van der Waals surface area (Å²) in [4.78, 5) is 13.0. The summed E-state index contributed by atoms with van der Waals surface area (Å²) in [6, 6.07) is -0.709. The average Bonchev–Trinajstić information content (AvgIpc) is 2.50. The van der Waals surface area contributed by atoms with Crippen LogP contribution in [0.3, 0.4) is 0 Å². The molecular formula is C13H26N2O2. The van der Waals surface area contributed by atoms with Gasteiger partial charge in [0.2, 0.25) is 0 Å². The maximum Gasteiger partial charge on any atom is 0.320 e. The van der Waals surface area contributed by atoms with Gasteiger partial charge in [0.1, 0.15) is 6.04 Å². The molecule has 1 rings (SSSR count). The second kappa shape index (κ2) is 6.97. The van der Waals surface area contributed by atoms with Crippen LogP contribution in [0.4, 0.5) is 0 Å². The van der Waals surface area contributed by atoms with Gasteiger partial charge in [-0.15, -0.1) is 0 Å². The molecule has 1 fully saturated rings. The number of rotatable bonds is 5. The smallest absolute Gasteiger partial charge is 0.320 e. The Hall–Kier alpha value is -0.610. The third-order valence-corrected chi connectivity index (χ3v) is 3.88. The van der Waals surface area contributed by atoms with Crippen molar-refractivity contribution in [3.63, 3.8) is 0 Å². The number of carboxylic acids is 1. The first-order valence-electron chi connectivity index (χ1n) is 6.71. The highest BCUT2D eigenvalue weighted by Gasteiger charge is 2.20. The van der Waals surface area contributed by atoms with E-state index in [0.29, 0.717) is 6.42 Å². The first-order valence-corrected chi connectivity index (χ1v) is 6.71. The Labute approximate surface area is 104 Å². The van der Waals surface area contributed by atoms with E-state index in [2.05, 4.69) is 18.7 Å². The predicted octanol–water partition coefficient (Wildman–Crippen LogP) is 1.55. The minimum atomic E-state index is -0.889. The number of nitrogens with two attached hydrogens (primary N) is 1. The van der Waals surface area contributed by atoms with Gasteiger partial charge in [-0.05, 0) is 50.6 Å². The maximum absolute atomic E-state index is 10.6. The summed E-state index contributed by atoms with van der Waals surface area (Å²) in [5, 5.41) is 8.74. The fourth-order valence-electron chi connectivity index (χ4n) is 2.52. The lowest BCUT2D eigenvalue weighted by molar-refractivity contribution is -0.138. The van der Waals surface area contributed by atoms with Crippen molar-refractivity contribution in [2.45, 2.75) is 45.6 Å². The van der Waals surface area contributed by atoms with Crippen LogP contribution in [-0.2, 0) is 4.79 Å². The molecule has 0 saturated carbocycles. The van der Waals surface area contributed by atoms with Gasteiger partial charge in [0, 0.05) is 6.54 Å². The Morgan fingerprint density at radius 1 is 1.41 bits per heavy atom. The van der Waals surface area contributed by atoms with E-state index in [0.717, 1.165) is 31.5 Å². The highest BCUT2D eigenvalue weighted by atomic mass is 16.4. The van der Waals surface area contributed by atoms with E-state index >= 15 is 0 Å². The minimum absolute atomic E-state index is 0.557. The highest BCUT2D eigenvalue weighted by molar-refractivity contribution is 5.72. The third kappa shape index (κ3) is 5.04. The van der Waals surface area contributed by atoms with E-state index in [1.807, 2.05) is 0 Å². The number of hydrogen-bond acceptors (Lipinski definition) is 3. The van der Waals surface area contributed by atoms with Gasteiger partial charge >= 0.3 is 5.97 Å². The molecule has 0 amide bonds. The molecule has 4 heteroatoms. The van der Waals surface area contributed by atoms with Crippen LogP contribution in [0.15, 0.2) is 0 Å². The molecule has 4 nitrogen and oxygen atoms in total. The summed E-state index contributed by atoms with van der Waals surface area (Å²) < 4.78 is 0. The second-order valence-corrected chi connectivity index (χ2v) is 5.51. The lowest BCUT2D eigenvalue weighted by atomic mass is 9.89. The first-order chi connectivity index (χ1) is 8.00. The van der Waals surface area contributed by atoms with Gasteiger partial charge in [-0.2, -0.15) is 0 Å². The van der Waals surface area contributed by atoms with Crippen molar-refractivity contribution >= 4 is 5.97 Å². The van der Waals surface area contributed by atoms with Crippen LogP contribution < -0.4 is 5.73 Å². The summed E-state index contributed by atoms with van der Waals surface area (Å²) in [5.74, 6) is 0.698. The monoisotopic (exact) mass is 242 g/mol.